The molecule has 0 aromatic carbocycles. The van der Waals surface area contributed by atoms with Gasteiger partial charge < -0.3 is 16.8 Å². The molecule has 0 fully saturated rings. The Kier molecular flexibility index (Phi) is 9.91. The minimum atomic E-state index is 0.445. The molecule has 0 aromatic heterocycles. The smallest absolute Gasteiger partial charge is 0.0342 e. The largest absolute Gasteiger partial charge is 0.382 e. The number of hydrogen-bond acceptors (Lipinski definition) is 3. The highest BCUT2D eigenvalue weighted by molar-refractivity contribution is 5.45. The number of rotatable bonds is 10. The summed E-state index contributed by atoms with van der Waals surface area (Å²) in [7, 11) is 0. The van der Waals surface area contributed by atoms with E-state index < -0.39 is 0 Å². The molecule has 0 radical (unpaired) electrons. The van der Waals surface area contributed by atoms with Crippen molar-refractivity contribution in [3.05, 3.63) is 119 Å². The minimum Gasteiger partial charge on any atom is -0.382 e. The van der Waals surface area contributed by atoms with E-state index in [1.807, 2.05) is 0 Å². The van der Waals surface area contributed by atoms with Crippen LogP contribution in [0.1, 0.15) is 57.8 Å². The summed E-state index contributed by atoms with van der Waals surface area (Å²) in [6.07, 6.45) is 43.1. The SMILES string of the molecule is NCCCCC1=CCCC(C2CCC(C3C=CC(/C(=C/C=C/C4=CC=CCN4)CN)CC3)=C3C=CC=CC32)=C1. The maximum absolute atomic E-state index is 6.20. The van der Waals surface area contributed by atoms with Crippen LogP contribution in [0.15, 0.2) is 119 Å². The van der Waals surface area contributed by atoms with E-state index in [1.165, 1.54) is 56.9 Å². The van der Waals surface area contributed by atoms with Crippen LogP contribution in [-0.2, 0) is 0 Å². The molecule has 5 aliphatic rings. The molecular weight excluding hydrogens is 474 g/mol. The van der Waals surface area contributed by atoms with Gasteiger partial charge >= 0.3 is 0 Å². The molecule has 5 N–H and O–H groups in total. The molecule has 4 atom stereocenters. The minimum absolute atomic E-state index is 0.445. The van der Waals surface area contributed by atoms with Crippen molar-refractivity contribution in [2.45, 2.75) is 57.8 Å². The van der Waals surface area contributed by atoms with E-state index >= 15 is 0 Å². The van der Waals surface area contributed by atoms with Crippen LogP contribution in [0.4, 0.5) is 0 Å². The number of nitrogens with one attached hydrogen (secondary N) is 1. The van der Waals surface area contributed by atoms with Crippen molar-refractivity contribution in [2.24, 2.45) is 35.1 Å². The fourth-order valence-corrected chi connectivity index (χ4v) is 7.04. The molecule has 4 aliphatic carbocycles. The molecule has 3 heteroatoms. The Labute approximate surface area is 236 Å². The fraction of sp³-hybridized carbons (Fsp3) is 0.444. The Balaban J connectivity index is 1.28. The Hall–Kier alpha value is -2.88. The molecular formula is C36H47N3. The van der Waals surface area contributed by atoms with Crippen molar-refractivity contribution in [2.75, 3.05) is 19.6 Å². The summed E-state index contributed by atoms with van der Waals surface area (Å²) in [5.41, 5.74) is 20.9. The van der Waals surface area contributed by atoms with Gasteiger partial charge in [0.15, 0.2) is 0 Å². The Morgan fingerprint density at radius 1 is 1.00 bits per heavy atom. The molecule has 206 valence electrons. The highest BCUT2D eigenvalue weighted by atomic mass is 14.9. The zero-order valence-electron chi connectivity index (χ0n) is 23.5. The van der Waals surface area contributed by atoms with Crippen LogP contribution in [0.3, 0.4) is 0 Å². The second-order valence-corrected chi connectivity index (χ2v) is 11.6. The number of dihydropyridines is 1. The van der Waals surface area contributed by atoms with Crippen LogP contribution in [0.5, 0.6) is 0 Å². The third-order valence-electron chi connectivity index (χ3n) is 9.15. The van der Waals surface area contributed by atoms with Gasteiger partial charge in [0, 0.05) is 24.7 Å². The van der Waals surface area contributed by atoms with Crippen molar-refractivity contribution >= 4 is 0 Å². The van der Waals surface area contributed by atoms with E-state index in [-0.39, 0.29) is 0 Å². The van der Waals surface area contributed by atoms with Crippen LogP contribution in [0.2, 0.25) is 0 Å². The maximum Gasteiger partial charge on any atom is 0.0342 e. The third kappa shape index (κ3) is 7.01. The lowest BCUT2D eigenvalue weighted by Gasteiger charge is -2.39. The van der Waals surface area contributed by atoms with E-state index in [2.05, 4.69) is 90.4 Å². The van der Waals surface area contributed by atoms with Crippen LogP contribution in [0.25, 0.3) is 0 Å². The third-order valence-corrected chi connectivity index (χ3v) is 9.15. The normalized spacial score (nSPS) is 28.8. The number of hydrogen-bond donors (Lipinski definition) is 3. The number of fused-ring (bicyclic) bond motifs is 1. The van der Waals surface area contributed by atoms with E-state index in [4.69, 9.17) is 11.5 Å². The molecule has 3 nitrogen and oxygen atoms in total. The second kappa shape index (κ2) is 14.0. The van der Waals surface area contributed by atoms with Gasteiger partial charge in [-0.25, -0.2) is 0 Å². The summed E-state index contributed by atoms with van der Waals surface area (Å²) in [6, 6.07) is 0. The van der Waals surface area contributed by atoms with Crippen molar-refractivity contribution in [1.82, 2.24) is 5.32 Å². The number of allylic oxidation sites excluding steroid dienone is 17. The van der Waals surface area contributed by atoms with Gasteiger partial charge in [-0.15, -0.1) is 0 Å². The van der Waals surface area contributed by atoms with Crippen molar-refractivity contribution in [3.8, 4) is 0 Å². The topological polar surface area (TPSA) is 64.1 Å². The molecule has 1 heterocycles. The van der Waals surface area contributed by atoms with Crippen LogP contribution in [-0.4, -0.2) is 19.6 Å². The Morgan fingerprint density at radius 3 is 2.74 bits per heavy atom. The summed E-state index contributed by atoms with van der Waals surface area (Å²) < 4.78 is 0. The summed E-state index contributed by atoms with van der Waals surface area (Å²) >= 11 is 0. The highest BCUT2D eigenvalue weighted by Crippen LogP contribution is 2.47. The van der Waals surface area contributed by atoms with Crippen LogP contribution in [0, 0.1) is 23.7 Å². The monoisotopic (exact) mass is 521 g/mol. The molecule has 0 amide bonds. The van der Waals surface area contributed by atoms with E-state index in [9.17, 15) is 0 Å². The lowest BCUT2D eigenvalue weighted by atomic mass is 9.65. The van der Waals surface area contributed by atoms with Crippen molar-refractivity contribution < 1.29 is 0 Å². The number of nitrogens with two attached hydrogens (primary N) is 2. The molecule has 39 heavy (non-hydrogen) atoms. The zero-order chi connectivity index (χ0) is 26.9. The van der Waals surface area contributed by atoms with Gasteiger partial charge in [0.1, 0.15) is 0 Å². The zero-order valence-corrected chi connectivity index (χ0v) is 23.5. The predicted molar refractivity (Wildman–Crippen MR) is 167 cm³/mol. The van der Waals surface area contributed by atoms with Gasteiger partial charge in [-0.1, -0.05) is 89.6 Å². The maximum atomic E-state index is 6.20. The molecule has 4 unspecified atom stereocenters. The lowest BCUT2D eigenvalue weighted by molar-refractivity contribution is 0.404. The standard InChI is InChI=1S/C36H47N3/c37-23-5-3-9-27-10-7-11-30(25-27)34-22-21-33(35-15-1-2-16-36(34)35)29-19-17-28(18-20-29)31(26-38)12-8-14-32-13-4-6-24-39-32/h1-2,4,6,8,10,12-17,19,25,28-29,34,36,39H,3,5,7,9,11,18,20-24,26,37-38H2/b14-8+,31-12+. The van der Waals surface area contributed by atoms with Gasteiger partial charge in [-0.3, -0.25) is 0 Å². The number of unbranched alkanes of at least 4 members (excludes halogenated alkanes) is 1. The quantitative estimate of drug-likeness (QED) is 0.161. The van der Waals surface area contributed by atoms with E-state index in [0.717, 1.165) is 25.2 Å². The Morgan fingerprint density at radius 2 is 1.95 bits per heavy atom. The predicted octanol–water partition coefficient (Wildman–Crippen LogP) is 7.28. The van der Waals surface area contributed by atoms with Crippen LogP contribution < -0.4 is 16.8 Å². The summed E-state index contributed by atoms with van der Waals surface area (Å²) in [5, 5.41) is 3.38. The summed E-state index contributed by atoms with van der Waals surface area (Å²) in [5.74, 6) is 2.18. The van der Waals surface area contributed by atoms with Gasteiger partial charge in [-0.05, 0) is 105 Å². The fourth-order valence-electron chi connectivity index (χ4n) is 7.04. The second-order valence-electron chi connectivity index (χ2n) is 11.6. The van der Waals surface area contributed by atoms with Gasteiger partial charge in [0.05, 0.1) is 0 Å². The van der Waals surface area contributed by atoms with Gasteiger partial charge in [-0.2, -0.15) is 0 Å². The summed E-state index contributed by atoms with van der Waals surface area (Å²) in [4.78, 5) is 0. The first kappa shape index (κ1) is 27.7. The molecule has 0 spiro atoms. The first-order valence-electron chi connectivity index (χ1n) is 15.3. The van der Waals surface area contributed by atoms with Gasteiger partial charge in [0.2, 0.25) is 0 Å². The van der Waals surface area contributed by atoms with Crippen LogP contribution >= 0.6 is 0 Å². The van der Waals surface area contributed by atoms with Crippen molar-refractivity contribution in [3.63, 3.8) is 0 Å². The summed E-state index contributed by atoms with van der Waals surface area (Å²) in [6.45, 7) is 2.30. The first-order chi connectivity index (χ1) is 19.3. The average Bonchev–Trinajstić information content (AvgIpc) is 3.00. The average molecular weight is 522 g/mol. The van der Waals surface area contributed by atoms with Gasteiger partial charge in [0.25, 0.3) is 0 Å². The van der Waals surface area contributed by atoms with E-state index in [0.29, 0.717) is 30.2 Å². The molecule has 1 aliphatic heterocycles. The molecule has 5 rings (SSSR count). The Bertz CT molecular complexity index is 1180. The highest BCUT2D eigenvalue weighted by Gasteiger charge is 2.34. The first-order valence-corrected chi connectivity index (χ1v) is 15.3. The molecule has 0 saturated carbocycles. The molecule has 0 bridgehead atoms. The van der Waals surface area contributed by atoms with Crippen molar-refractivity contribution in [1.29, 1.82) is 0 Å². The lowest BCUT2D eigenvalue weighted by Crippen LogP contribution is -2.27. The molecule has 0 saturated heterocycles. The molecule has 0 aromatic rings. The van der Waals surface area contributed by atoms with E-state index in [1.54, 1.807) is 22.3 Å².